The molecule has 1 aliphatic carbocycles. The summed E-state index contributed by atoms with van der Waals surface area (Å²) in [6, 6.07) is 9.75. The Labute approximate surface area is 133 Å². The molecule has 1 atom stereocenters. The second kappa shape index (κ2) is 7.12. The third-order valence-corrected chi connectivity index (χ3v) is 6.47. The van der Waals surface area contributed by atoms with Gasteiger partial charge in [0.1, 0.15) is 0 Å². The molecule has 0 bridgehead atoms. The van der Waals surface area contributed by atoms with Crippen molar-refractivity contribution in [3.05, 3.63) is 35.9 Å². The second-order valence-corrected chi connectivity index (χ2v) is 8.20. The van der Waals surface area contributed by atoms with E-state index in [1.54, 1.807) is 0 Å². The predicted octanol–water partition coefficient (Wildman–Crippen LogP) is 3.65. The van der Waals surface area contributed by atoms with Crippen molar-refractivity contribution >= 4 is 21.6 Å². The summed E-state index contributed by atoms with van der Waals surface area (Å²) in [5.41, 5.74) is 0.612. The highest BCUT2D eigenvalue weighted by atomic mass is 35.5. The molecule has 5 heteroatoms. The molecule has 1 saturated carbocycles. The van der Waals surface area contributed by atoms with Gasteiger partial charge in [-0.15, -0.1) is 11.6 Å². The summed E-state index contributed by atoms with van der Waals surface area (Å²) in [7, 11) is -3.33. The van der Waals surface area contributed by atoms with E-state index in [9.17, 15) is 8.42 Å². The van der Waals surface area contributed by atoms with Crippen molar-refractivity contribution < 1.29 is 8.42 Å². The normalized spacial score (nSPS) is 20.1. The van der Waals surface area contributed by atoms with Crippen LogP contribution in [0.5, 0.6) is 0 Å². The standard InChI is InChI=1S/C16H24ClNO2S/c1-14(15-8-4-2-5-9-15)12-21(19,20)18-16(13-17)10-6-3-7-11-16/h2,4-5,8-9,14,18H,3,6-7,10-13H2,1H3. The minimum atomic E-state index is -3.33. The number of rotatable bonds is 6. The third-order valence-electron chi connectivity index (χ3n) is 4.28. The Bertz CT molecular complexity index is 539. The zero-order chi connectivity index (χ0) is 15.3. The molecule has 1 aliphatic rings. The van der Waals surface area contributed by atoms with Gasteiger partial charge in [0.15, 0.2) is 0 Å². The van der Waals surface area contributed by atoms with Gasteiger partial charge in [0.25, 0.3) is 0 Å². The maximum atomic E-state index is 12.5. The first-order valence-electron chi connectivity index (χ1n) is 7.59. The van der Waals surface area contributed by atoms with Crippen LogP contribution in [-0.2, 0) is 10.0 Å². The molecule has 1 unspecified atom stereocenters. The summed E-state index contributed by atoms with van der Waals surface area (Å²) in [4.78, 5) is 0. The van der Waals surface area contributed by atoms with Gasteiger partial charge in [0.05, 0.1) is 5.75 Å². The Kier molecular flexibility index (Phi) is 5.69. The minimum absolute atomic E-state index is 0.0281. The minimum Gasteiger partial charge on any atom is -0.212 e. The van der Waals surface area contributed by atoms with Crippen LogP contribution in [0.4, 0.5) is 0 Å². The van der Waals surface area contributed by atoms with Crippen LogP contribution in [0.1, 0.15) is 50.5 Å². The van der Waals surface area contributed by atoms with Crippen LogP contribution < -0.4 is 4.72 Å². The Morgan fingerprint density at radius 1 is 1.19 bits per heavy atom. The first-order chi connectivity index (χ1) is 9.96. The van der Waals surface area contributed by atoms with Crippen LogP contribution in [-0.4, -0.2) is 25.6 Å². The first-order valence-corrected chi connectivity index (χ1v) is 9.78. The van der Waals surface area contributed by atoms with Crippen molar-refractivity contribution in [3.8, 4) is 0 Å². The zero-order valence-corrected chi connectivity index (χ0v) is 14.1. The van der Waals surface area contributed by atoms with E-state index in [1.165, 1.54) is 6.42 Å². The van der Waals surface area contributed by atoms with E-state index in [0.717, 1.165) is 31.2 Å². The molecule has 1 N–H and O–H groups in total. The smallest absolute Gasteiger partial charge is 0.212 e. The molecule has 0 spiro atoms. The average molecular weight is 330 g/mol. The van der Waals surface area contributed by atoms with Crippen molar-refractivity contribution in [3.63, 3.8) is 0 Å². The van der Waals surface area contributed by atoms with Crippen LogP contribution in [0.15, 0.2) is 30.3 Å². The fraction of sp³-hybridized carbons (Fsp3) is 0.625. The lowest BCUT2D eigenvalue weighted by atomic mass is 9.84. The lowest BCUT2D eigenvalue weighted by Gasteiger charge is -2.36. The fourth-order valence-corrected chi connectivity index (χ4v) is 5.35. The van der Waals surface area contributed by atoms with Crippen molar-refractivity contribution in [1.82, 2.24) is 4.72 Å². The monoisotopic (exact) mass is 329 g/mol. The molecule has 0 aromatic heterocycles. The Balaban J connectivity index is 2.04. The van der Waals surface area contributed by atoms with Crippen LogP contribution in [0.25, 0.3) is 0 Å². The van der Waals surface area contributed by atoms with Crippen LogP contribution >= 0.6 is 11.6 Å². The molecule has 2 rings (SSSR count). The van der Waals surface area contributed by atoms with Crippen molar-refractivity contribution in [2.24, 2.45) is 0 Å². The van der Waals surface area contributed by atoms with Gasteiger partial charge in [-0.25, -0.2) is 13.1 Å². The number of halogens is 1. The van der Waals surface area contributed by atoms with E-state index in [2.05, 4.69) is 4.72 Å². The van der Waals surface area contributed by atoms with Crippen molar-refractivity contribution in [1.29, 1.82) is 0 Å². The van der Waals surface area contributed by atoms with Gasteiger partial charge in [-0.2, -0.15) is 0 Å². The van der Waals surface area contributed by atoms with Crippen molar-refractivity contribution in [2.45, 2.75) is 50.5 Å². The number of hydrogen-bond acceptors (Lipinski definition) is 2. The van der Waals surface area contributed by atoms with E-state index in [0.29, 0.717) is 5.88 Å². The highest BCUT2D eigenvalue weighted by molar-refractivity contribution is 7.89. The number of hydrogen-bond donors (Lipinski definition) is 1. The van der Waals surface area contributed by atoms with Gasteiger partial charge in [-0.05, 0) is 24.3 Å². The average Bonchev–Trinajstić information content (AvgIpc) is 2.48. The molecule has 0 heterocycles. The topological polar surface area (TPSA) is 46.2 Å². The highest BCUT2D eigenvalue weighted by Gasteiger charge is 2.35. The molecule has 0 saturated heterocycles. The summed E-state index contributed by atoms with van der Waals surface area (Å²) >= 11 is 6.07. The molecule has 1 aromatic rings. The second-order valence-electron chi connectivity index (χ2n) is 6.17. The van der Waals surface area contributed by atoms with Crippen LogP contribution in [0.2, 0.25) is 0 Å². The summed E-state index contributed by atoms with van der Waals surface area (Å²) < 4.78 is 27.9. The lowest BCUT2D eigenvalue weighted by Crippen LogP contribution is -2.52. The summed E-state index contributed by atoms with van der Waals surface area (Å²) in [6.07, 6.45) is 4.94. The summed E-state index contributed by atoms with van der Waals surface area (Å²) in [6.45, 7) is 1.95. The van der Waals surface area contributed by atoms with E-state index < -0.39 is 15.6 Å². The number of alkyl halides is 1. The molecule has 1 fully saturated rings. The van der Waals surface area contributed by atoms with Crippen LogP contribution in [0, 0.1) is 0 Å². The van der Waals surface area contributed by atoms with Gasteiger partial charge >= 0.3 is 0 Å². The Hall–Kier alpha value is -0.580. The maximum absolute atomic E-state index is 12.5. The molecule has 21 heavy (non-hydrogen) atoms. The van der Waals surface area contributed by atoms with Gasteiger partial charge in [0, 0.05) is 11.4 Å². The van der Waals surface area contributed by atoms with Gasteiger partial charge in [0.2, 0.25) is 10.0 Å². The van der Waals surface area contributed by atoms with Crippen molar-refractivity contribution in [2.75, 3.05) is 11.6 Å². The lowest BCUT2D eigenvalue weighted by molar-refractivity contribution is 0.297. The van der Waals surface area contributed by atoms with E-state index in [4.69, 9.17) is 11.6 Å². The zero-order valence-electron chi connectivity index (χ0n) is 12.5. The summed E-state index contributed by atoms with van der Waals surface area (Å²) in [5.74, 6) is 0.432. The van der Waals surface area contributed by atoms with Gasteiger partial charge < -0.3 is 0 Å². The molecule has 1 aromatic carbocycles. The third kappa shape index (κ3) is 4.70. The molecule has 3 nitrogen and oxygen atoms in total. The largest absolute Gasteiger partial charge is 0.212 e. The number of nitrogens with one attached hydrogen (secondary N) is 1. The SMILES string of the molecule is CC(CS(=O)(=O)NC1(CCl)CCCCC1)c1ccccc1. The van der Waals surface area contributed by atoms with Gasteiger partial charge in [-0.3, -0.25) is 0 Å². The summed E-state index contributed by atoms with van der Waals surface area (Å²) in [5, 5.41) is 0. The van der Waals surface area contributed by atoms with E-state index in [1.807, 2.05) is 37.3 Å². The fourth-order valence-electron chi connectivity index (χ4n) is 3.07. The molecular weight excluding hydrogens is 306 g/mol. The Morgan fingerprint density at radius 2 is 1.81 bits per heavy atom. The van der Waals surface area contributed by atoms with Crippen LogP contribution in [0.3, 0.4) is 0 Å². The highest BCUT2D eigenvalue weighted by Crippen LogP contribution is 2.30. The molecule has 0 aliphatic heterocycles. The predicted molar refractivity (Wildman–Crippen MR) is 88.3 cm³/mol. The quantitative estimate of drug-likeness (QED) is 0.810. The molecule has 0 amide bonds. The molecular formula is C16H24ClNO2S. The number of benzene rings is 1. The Morgan fingerprint density at radius 3 is 2.38 bits per heavy atom. The van der Waals surface area contributed by atoms with E-state index in [-0.39, 0.29) is 11.7 Å². The number of sulfonamides is 1. The molecule has 118 valence electrons. The van der Waals surface area contributed by atoms with Gasteiger partial charge in [-0.1, -0.05) is 56.5 Å². The first kappa shape index (κ1) is 16.8. The van der Waals surface area contributed by atoms with E-state index >= 15 is 0 Å². The maximum Gasteiger partial charge on any atom is 0.212 e. The molecule has 0 radical (unpaired) electrons.